The minimum absolute atomic E-state index is 0.111. The van der Waals surface area contributed by atoms with Crippen LogP contribution in [0.4, 0.5) is 8.78 Å². The molecule has 0 unspecified atom stereocenters. The Morgan fingerprint density at radius 3 is 2.34 bits per heavy atom. The molecule has 0 saturated heterocycles. The summed E-state index contributed by atoms with van der Waals surface area (Å²) in [4.78, 5) is 27.8. The average molecular weight is 398 g/mol. The van der Waals surface area contributed by atoms with E-state index < -0.39 is 23.5 Å². The Morgan fingerprint density at radius 1 is 1.00 bits per heavy atom. The van der Waals surface area contributed by atoms with Crippen molar-refractivity contribution in [2.24, 2.45) is 0 Å². The molecular formula is C21H16F2N2O4. The molecule has 3 rings (SSSR count). The summed E-state index contributed by atoms with van der Waals surface area (Å²) in [6.07, 6.45) is 0.918. The van der Waals surface area contributed by atoms with Crippen LogP contribution in [0.2, 0.25) is 0 Å². The summed E-state index contributed by atoms with van der Waals surface area (Å²) in [7, 11) is 1.29. The minimum atomic E-state index is -0.705. The molecule has 1 aromatic heterocycles. The molecule has 0 radical (unpaired) electrons. The number of hydrogen-bond acceptors (Lipinski definition) is 5. The van der Waals surface area contributed by atoms with Gasteiger partial charge < -0.3 is 14.8 Å². The number of carbonyl (C=O) groups is 2. The zero-order valence-corrected chi connectivity index (χ0v) is 15.3. The third kappa shape index (κ3) is 5.13. The van der Waals surface area contributed by atoms with Gasteiger partial charge in [-0.05, 0) is 48.0 Å². The van der Waals surface area contributed by atoms with Gasteiger partial charge >= 0.3 is 5.97 Å². The van der Waals surface area contributed by atoms with Crippen LogP contribution in [0.1, 0.15) is 26.3 Å². The molecular weight excluding hydrogens is 382 g/mol. The zero-order valence-electron chi connectivity index (χ0n) is 15.3. The lowest BCUT2D eigenvalue weighted by molar-refractivity contribution is 0.0600. The van der Waals surface area contributed by atoms with Crippen LogP contribution in [-0.4, -0.2) is 24.0 Å². The van der Waals surface area contributed by atoms with Crippen molar-refractivity contribution in [3.05, 3.63) is 89.1 Å². The average Bonchev–Trinajstić information content (AvgIpc) is 2.74. The van der Waals surface area contributed by atoms with Gasteiger partial charge in [0.2, 0.25) is 5.88 Å². The number of nitrogens with one attached hydrogen (secondary N) is 1. The first-order valence-corrected chi connectivity index (χ1v) is 8.50. The Morgan fingerprint density at radius 2 is 1.69 bits per heavy atom. The summed E-state index contributed by atoms with van der Waals surface area (Å²) in [6, 6.07) is 12.6. The largest absolute Gasteiger partial charge is 0.465 e. The van der Waals surface area contributed by atoms with Gasteiger partial charge in [0.25, 0.3) is 5.91 Å². The molecule has 0 aliphatic carbocycles. The standard InChI is InChI=1S/C21H16F2N2O4/c1-28-21(27)14-4-2-13(3-5-14)11-24-19(26)18-10-16(23)12-25-20(18)29-17-8-6-15(22)7-9-17/h2-10,12H,11H2,1H3,(H,24,26). The van der Waals surface area contributed by atoms with E-state index in [-0.39, 0.29) is 23.7 Å². The van der Waals surface area contributed by atoms with Gasteiger partial charge in [-0.2, -0.15) is 0 Å². The third-order valence-corrected chi connectivity index (χ3v) is 3.92. The molecule has 0 atom stereocenters. The van der Waals surface area contributed by atoms with E-state index in [0.29, 0.717) is 5.56 Å². The molecule has 0 spiro atoms. The molecule has 0 bridgehead atoms. The van der Waals surface area contributed by atoms with Crippen molar-refractivity contribution in [3.63, 3.8) is 0 Å². The maximum Gasteiger partial charge on any atom is 0.337 e. The number of rotatable bonds is 6. The lowest BCUT2D eigenvalue weighted by Gasteiger charge is -2.11. The van der Waals surface area contributed by atoms with Crippen molar-refractivity contribution in [1.29, 1.82) is 0 Å². The van der Waals surface area contributed by atoms with Crippen molar-refractivity contribution in [3.8, 4) is 11.6 Å². The van der Waals surface area contributed by atoms with Crippen LogP contribution < -0.4 is 10.1 Å². The van der Waals surface area contributed by atoms with Crippen LogP contribution in [0.3, 0.4) is 0 Å². The van der Waals surface area contributed by atoms with Crippen LogP contribution in [-0.2, 0) is 11.3 Å². The number of hydrogen-bond donors (Lipinski definition) is 1. The Bertz CT molecular complexity index is 1020. The Hall–Kier alpha value is -3.81. The number of pyridine rings is 1. The smallest absolute Gasteiger partial charge is 0.337 e. The highest BCUT2D eigenvalue weighted by atomic mass is 19.1. The van der Waals surface area contributed by atoms with E-state index in [1.807, 2.05) is 0 Å². The van der Waals surface area contributed by atoms with E-state index in [0.717, 1.165) is 17.8 Å². The maximum absolute atomic E-state index is 13.6. The van der Waals surface area contributed by atoms with Gasteiger partial charge in [0.15, 0.2) is 0 Å². The normalized spacial score (nSPS) is 10.3. The van der Waals surface area contributed by atoms with Crippen LogP contribution in [0.25, 0.3) is 0 Å². The van der Waals surface area contributed by atoms with E-state index in [9.17, 15) is 18.4 Å². The molecule has 148 valence electrons. The predicted octanol–water partition coefficient (Wildman–Crippen LogP) is 3.87. The van der Waals surface area contributed by atoms with Crippen LogP contribution >= 0.6 is 0 Å². The summed E-state index contributed by atoms with van der Waals surface area (Å²) >= 11 is 0. The topological polar surface area (TPSA) is 77.5 Å². The highest BCUT2D eigenvalue weighted by molar-refractivity contribution is 5.96. The fourth-order valence-corrected chi connectivity index (χ4v) is 2.44. The first-order valence-electron chi connectivity index (χ1n) is 8.50. The molecule has 0 fully saturated rings. The summed E-state index contributed by atoms with van der Waals surface area (Å²) in [5, 5.41) is 2.64. The zero-order chi connectivity index (χ0) is 20.8. The number of nitrogens with zero attached hydrogens (tertiary/aromatic N) is 1. The quantitative estimate of drug-likeness (QED) is 0.638. The van der Waals surface area contributed by atoms with Gasteiger partial charge in [-0.15, -0.1) is 0 Å². The molecule has 1 heterocycles. The SMILES string of the molecule is COC(=O)c1ccc(CNC(=O)c2cc(F)cnc2Oc2ccc(F)cc2)cc1. The number of aromatic nitrogens is 1. The molecule has 3 aromatic rings. The Balaban J connectivity index is 1.72. The van der Waals surface area contributed by atoms with Crippen molar-refractivity contribution < 1.29 is 27.8 Å². The second kappa shape index (κ2) is 8.92. The van der Waals surface area contributed by atoms with Gasteiger partial charge in [-0.25, -0.2) is 18.6 Å². The lowest BCUT2D eigenvalue weighted by atomic mass is 10.1. The molecule has 2 aromatic carbocycles. The van der Waals surface area contributed by atoms with Gasteiger partial charge in [-0.3, -0.25) is 4.79 Å². The highest BCUT2D eigenvalue weighted by Gasteiger charge is 2.16. The summed E-state index contributed by atoms with van der Waals surface area (Å²) in [6.45, 7) is 0.132. The fraction of sp³-hybridized carbons (Fsp3) is 0.0952. The second-order valence-corrected chi connectivity index (χ2v) is 5.93. The molecule has 1 N–H and O–H groups in total. The number of halogens is 2. The predicted molar refractivity (Wildman–Crippen MR) is 99.6 cm³/mol. The number of benzene rings is 2. The van der Waals surface area contributed by atoms with Crippen molar-refractivity contribution in [2.45, 2.75) is 6.54 Å². The van der Waals surface area contributed by atoms with E-state index >= 15 is 0 Å². The Kier molecular flexibility index (Phi) is 6.13. The number of amides is 1. The summed E-state index contributed by atoms with van der Waals surface area (Å²) in [5.41, 5.74) is 0.990. The van der Waals surface area contributed by atoms with Crippen molar-refractivity contribution in [2.75, 3.05) is 7.11 Å². The first-order chi connectivity index (χ1) is 14.0. The van der Waals surface area contributed by atoms with E-state index in [4.69, 9.17) is 4.74 Å². The van der Waals surface area contributed by atoms with E-state index in [1.165, 1.54) is 31.4 Å². The van der Waals surface area contributed by atoms with Crippen molar-refractivity contribution >= 4 is 11.9 Å². The Labute approximate surface area is 165 Å². The monoisotopic (exact) mass is 398 g/mol. The fourth-order valence-electron chi connectivity index (χ4n) is 2.44. The highest BCUT2D eigenvalue weighted by Crippen LogP contribution is 2.24. The number of ether oxygens (including phenoxy) is 2. The van der Waals surface area contributed by atoms with Crippen LogP contribution in [0, 0.1) is 11.6 Å². The molecule has 6 nitrogen and oxygen atoms in total. The molecule has 0 aliphatic heterocycles. The lowest BCUT2D eigenvalue weighted by Crippen LogP contribution is -2.23. The van der Waals surface area contributed by atoms with E-state index in [1.54, 1.807) is 24.3 Å². The van der Waals surface area contributed by atoms with Crippen LogP contribution in [0.15, 0.2) is 60.8 Å². The van der Waals surface area contributed by atoms with E-state index in [2.05, 4.69) is 15.0 Å². The number of carbonyl (C=O) groups excluding carboxylic acids is 2. The van der Waals surface area contributed by atoms with Crippen LogP contribution in [0.5, 0.6) is 11.6 Å². The van der Waals surface area contributed by atoms with Gasteiger partial charge in [-0.1, -0.05) is 12.1 Å². The van der Waals surface area contributed by atoms with Crippen molar-refractivity contribution in [1.82, 2.24) is 10.3 Å². The molecule has 0 aliphatic rings. The molecule has 0 saturated carbocycles. The summed E-state index contributed by atoms with van der Waals surface area (Å²) < 4.78 is 36.8. The third-order valence-electron chi connectivity index (χ3n) is 3.92. The minimum Gasteiger partial charge on any atom is -0.465 e. The number of esters is 1. The first kappa shape index (κ1) is 19.9. The van der Waals surface area contributed by atoms with Gasteiger partial charge in [0, 0.05) is 6.54 Å². The maximum atomic E-state index is 13.6. The second-order valence-electron chi connectivity index (χ2n) is 5.93. The number of methoxy groups -OCH3 is 1. The molecule has 8 heteroatoms. The summed E-state index contributed by atoms with van der Waals surface area (Å²) in [5.74, 6) is -2.08. The van der Waals surface area contributed by atoms with Gasteiger partial charge in [0.05, 0.1) is 18.9 Å². The molecule has 1 amide bonds. The van der Waals surface area contributed by atoms with Gasteiger partial charge in [0.1, 0.15) is 22.9 Å². The molecule has 29 heavy (non-hydrogen) atoms.